The Morgan fingerprint density at radius 2 is 1.60 bits per heavy atom. The van der Waals surface area contributed by atoms with Crippen LogP contribution in [0.3, 0.4) is 0 Å². The maximum absolute atomic E-state index is 12.9. The lowest BCUT2D eigenvalue weighted by Gasteiger charge is -2.04. The highest BCUT2D eigenvalue weighted by molar-refractivity contribution is 6.18. The summed E-state index contributed by atoms with van der Waals surface area (Å²) >= 11 is 11.4. The molecule has 0 bridgehead atoms. The van der Waals surface area contributed by atoms with Crippen LogP contribution in [0, 0.1) is 5.82 Å². The fraction of sp³-hybridized carbons (Fsp3) is 0.200. The zero-order valence-electron chi connectivity index (χ0n) is 7.67. The number of hydrogen-bond donors (Lipinski definition) is 0. The zero-order chi connectivity index (χ0) is 10.8. The summed E-state index contributed by atoms with van der Waals surface area (Å²) in [5.74, 6) is 0.139. The molecule has 78 valence electrons. The molecule has 0 atom stereocenters. The summed E-state index contributed by atoms with van der Waals surface area (Å²) < 4.78 is 12.9. The number of alkyl halides is 2. The predicted molar refractivity (Wildman–Crippen MR) is 58.6 cm³/mol. The first-order chi connectivity index (χ1) is 7.24. The van der Waals surface area contributed by atoms with Crippen LogP contribution in [0.25, 0.3) is 11.0 Å². The van der Waals surface area contributed by atoms with Gasteiger partial charge in [-0.15, -0.1) is 23.2 Å². The van der Waals surface area contributed by atoms with E-state index in [0.29, 0.717) is 22.4 Å². The van der Waals surface area contributed by atoms with Gasteiger partial charge in [0, 0.05) is 6.07 Å². The Morgan fingerprint density at radius 3 is 2.20 bits per heavy atom. The smallest absolute Gasteiger partial charge is 0.125 e. The number of aromatic nitrogens is 2. The first kappa shape index (κ1) is 10.6. The van der Waals surface area contributed by atoms with Gasteiger partial charge < -0.3 is 0 Å². The van der Waals surface area contributed by atoms with Crippen molar-refractivity contribution in [3.05, 3.63) is 35.4 Å². The number of hydrogen-bond acceptors (Lipinski definition) is 2. The van der Waals surface area contributed by atoms with E-state index >= 15 is 0 Å². The number of rotatable bonds is 2. The average molecular weight is 245 g/mol. The van der Waals surface area contributed by atoms with Gasteiger partial charge in [-0.2, -0.15) is 0 Å². The molecule has 2 aromatic rings. The van der Waals surface area contributed by atoms with Crippen LogP contribution in [0.15, 0.2) is 18.2 Å². The molecule has 1 aromatic heterocycles. The molecule has 0 spiro atoms. The molecule has 0 saturated carbocycles. The van der Waals surface area contributed by atoms with Gasteiger partial charge in [0.15, 0.2) is 0 Å². The van der Waals surface area contributed by atoms with Crippen molar-refractivity contribution in [2.24, 2.45) is 0 Å². The van der Waals surface area contributed by atoms with Crippen molar-refractivity contribution in [1.29, 1.82) is 0 Å². The van der Waals surface area contributed by atoms with Gasteiger partial charge in [-0.3, -0.25) is 0 Å². The molecular formula is C10H7Cl2FN2. The zero-order valence-corrected chi connectivity index (χ0v) is 9.19. The molecule has 2 rings (SSSR count). The van der Waals surface area contributed by atoms with Crippen LogP contribution in [-0.4, -0.2) is 9.97 Å². The third-order valence-electron chi connectivity index (χ3n) is 2.03. The number of halogens is 3. The van der Waals surface area contributed by atoms with E-state index in [1.807, 2.05) is 0 Å². The normalized spacial score (nSPS) is 10.9. The molecule has 0 radical (unpaired) electrons. The average Bonchev–Trinajstić information content (AvgIpc) is 2.27. The molecule has 0 amide bonds. The Balaban J connectivity index is 2.69. The van der Waals surface area contributed by atoms with E-state index in [-0.39, 0.29) is 17.6 Å². The summed E-state index contributed by atoms with van der Waals surface area (Å²) in [4.78, 5) is 8.47. The molecule has 0 aliphatic carbocycles. The van der Waals surface area contributed by atoms with Gasteiger partial charge in [0.2, 0.25) is 0 Å². The SMILES string of the molecule is Fc1ccc2nc(CCl)c(CCl)nc2c1. The third kappa shape index (κ3) is 2.03. The van der Waals surface area contributed by atoms with Gasteiger partial charge in [-0.25, -0.2) is 14.4 Å². The minimum absolute atomic E-state index is 0.224. The molecule has 1 heterocycles. The van der Waals surface area contributed by atoms with Crippen LogP contribution in [0.5, 0.6) is 0 Å². The molecule has 5 heteroatoms. The summed E-state index contributed by atoms with van der Waals surface area (Å²) in [6.07, 6.45) is 0. The second-order valence-electron chi connectivity index (χ2n) is 3.02. The molecule has 0 aliphatic rings. The van der Waals surface area contributed by atoms with Crippen LogP contribution in [0.1, 0.15) is 11.4 Å². The quantitative estimate of drug-likeness (QED) is 0.759. The molecule has 0 saturated heterocycles. The summed E-state index contributed by atoms with van der Waals surface area (Å²) in [6.45, 7) is 0. The number of benzene rings is 1. The van der Waals surface area contributed by atoms with Gasteiger partial charge in [0.1, 0.15) is 5.82 Å². The summed E-state index contributed by atoms with van der Waals surface area (Å²) in [5.41, 5.74) is 2.37. The van der Waals surface area contributed by atoms with Crippen LogP contribution < -0.4 is 0 Å². The van der Waals surface area contributed by atoms with Gasteiger partial charge in [-0.05, 0) is 12.1 Å². The van der Waals surface area contributed by atoms with E-state index in [2.05, 4.69) is 9.97 Å². The van der Waals surface area contributed by atoms with Crippen LogP contribution in [0.2, 0.25) is 0 Å². The lowest BCUT2D eigenvalue weighted by Crippen LogP contribution is -1.98. The number of nitrogens with zero attached hydrogens (tertiary/aromatic N) is 2. The maximum Gasteiger partial charge on any atom is 0.125 e. The minimum Gasteiger partial charge on any atom is -0.248 e. The summed E-state index contributed by atoms with van der Waals surface area (Å²) in [5, 5.41) is 0. The summed E-state index contributed by atoms with van der Waals surface area (Å²) in [7, 11) is 0. The Morgan fingerprint density at radius 1 is 1.00 bits per heavy atom. The van der Waals surface area contributed by atoms with Crippen LogP contribution in [0.4, 0.5) is 4.39 Å². The summed E-state index contributed by atoms with van der Waals surface area (Å²) in [6, 6.07) is 4.25. The highest BCUT2D eigenvalue weighted by Gasteiger charge is 2.07. The lowest BCUT2D eigenvalue weighted by atomic mass is 10.2. The Kier molecular flexibility index (Phi) is 3.03. The van der Waals surface area contributed by atoms with Crippen LogP contribution >= 0.6 is 23.2 Å². The first-order valence-electron chi connectivity index (χ1n) is 4.31. The highest BCUT2D eigenvalue weighted by atomic mass is 35.5. The van der Waals surface area contributed by atoms with E-state index < -0.39 is 0 Å². The van der Waals surface area contributed by atoms with E-state index in [1.54, 1.807) is 6.07 Å². The van der Waals surface area contributed by atoms with E-state index in [9.17, 15) is 4.39 Å². The minimum atomic E-state index is -0.337. The maximum atomic E-state index is 12.9. The monoisotopic (exact) mass is 244 g/mol. The largest absolute Gasteiger partial charge is 0.248 e. The Hall–Kier alpha value is -0.930. The Bertz CT molecular complexity index is 502. The van der Waals surface area contributed by atoms with Crippen molar-refractivity contribution in [3.63, 3.8) is 0 Å². The van der Waals surface area contributed by atoms with Crippen molar-refractivity contribution < 1.29 is 4.39 Å². The second kappa shape index (κ2) is 4.29. The van der Waals surface area contributed by atoms with Crippen molar-refractivity contribution >= 4 is 34.2 Å². The third-order valence-corrected chi connectivity index (χ3v) is 2.54. The van der Waals surface area contributed by atoms with Crippen molar-refractivity contribution in [2.45, 2.75) is 11.8 Å². The predicted octanol–water partition coefficient (Wildman–Crippen LogP) is 3.25. The molecule has 0 fully saturated rings. The van der Waals surface area contributed by atoms with E-state index in [0.717, 1.165) is 0 Å². The van der Waals surface area contributed by atoms with Gasteiger partial charge in [0.25, 0.3) is 0 Å². The molecule has 15 heavy (non-hydrogen) atoms. The molecule has 0 N–H and O–H groups in total. The van der Waals surface area contributed by atoms with Crippen molar-refractivity contribution in [1.82, 2.24) is 9.97 Å². The second-order valence-corrected chi connectivity index (χ2v) is 3.55. The van der Waals surface area contributed by atoms with Gasteiger partial charge in [0.05, 0.1) is 34.2 Å². The molecule has 2 nitrogen and oxygen atoms in total. The van der Waals surface area contributed by atoms with Gasteiger partial charge in [-0.1, -0.05) is 0 Å². The fourth-order valence-corrected chi connectivity index (χ4v) is 1.74. The van der Waals surface area contributed by atoms with Crippen LogP contribution in [-0.2, 0) is 11.8 Å². The first-order valence-corrected chi connectivity index (χ1v) is 5.38. The molecule has 0 aliphatic heterocycles. The standard InChI is InChI=1S/C10H7Cl2FN2/c11-4-9-10(5-12)15-8-3-6(13)1-2-7(8)14-9/h1-3H,4-5H2. The fourth-order valence-electron chi connectivity index (χ4n) is 1.31. The number of fused-ring (bicyclic) bond motifs is 1. The van der Waals surface area contributed by atoms with E-state index in [1.165, 1.54) is 12.1 Å². The Labute approximate surface area is 96.1 Å². The molecule has 0 unspecified atom stereocenters. The molecular weight excluding hydrogens is 238 g/mol. The molecule has 1 aromatic carbocycles. The van der Waals surface area contributed by atoms with Gasteiger partial charge >= 0.3 is 0 Å². The lowest BCUT2D eigenvalue weighted by molar-refractivity contribution is 0.629. The highest BCUT2D eigenvalue weighted by Crippen LogP contribution is 2.17. The topological polar surface area (TPSA) is 25.8 Å². The van der Waals surface area contributed by atoms with E-state index in [4.69, 9.17) is 23.2 Å². The van der Waals surface area contributed by atoms with Crippen molar-refractivity contribution in [2.75, 3.05) is 0 Å². The van der Waals surface area contributed by atoms with Crippen molar-refractivity contribution in [3.8, 4) is 0 Å².